The molecule has 0 saturated carbocycles. The van der Waals surface area contributed by atoms with Crippen LogP contribution in [0.15, 0.2) is 0 Å². The standard InChI is InChI=1S/3C9H16O4.3C6H10O3.Al/c3*1-4-5-8(10)6-9(11)13-12-7(2)3;3*1-2-3-5(7)4-6(8)9;/h3*7H,4-6H2,1-3H3;3*2-4H2,1H3,(H,8,9);/q;;;;;;+3/p-3. The third kappa shape index (κ3) is 78.8. The van der Waals surface area contributed by atoms with E-state index in [1.54, 1.807) is 41.5 Å². The average molecular weight is 979 g/mol. The summed E-state index contributed by atoms with van der Waals surface area (Å²) in [5, 5.41) is 29.3. The zero-order chi connectivity index (χ0) is 52.6. The maximum atomic E-state index is 10.9. The van der Waals surface area contributed by atoms with E-state index in [1.165, 1.54) is 0 Å². The van der Waals surface area contributed by atoms with Crippen LogP contribution in [0, 0.1) is 0 Å². The molecule has 0 amide bonds. The minimum Gasteiger partial charge on any atom is -0.550 e. The second-order valence-corrected chi connectivity index (χ2v) is 14.7. The van der Waals surface area contributed by atoms with E-state index in [1.807, 2.05) is 41.5 Å². The maximum Gasteiger partial charge on any atom is 3.00 e. The van der Waals surface area contributed by atoms with E-state index in [4.69, 9.17) is 0 Å². The molecule has 0 bridgehead atoms. The third-order valence-corrected chi connectivity index (χ3v) is 6.22. The zero-order valence-corrected chi connectivity index (χ0v) is 42.8. The number of rotatable bonds is 30. The van der Waals surface area contributed by atoms with Gasteiger partial charge in [0.2, 0.25) is 0 Å². The Bertz CT molecular complexity index is 1260. The van der Waals surface area contributed by atoms with Crippen molar-refractivity contribution in [1.82, 2.24) is 0 Å². The van der Waals surface area contributed by atoms with Crippen LogP contribution in [-0.4, -0.2) is 106 Å². The summed E-state index contributed by atoms with van der Waals surface area (Å²) >= 11 is 0. The summed E-state index contributed by atoms with van der Waals surface area (Å²) in [5.74, 6) is -6.80. The fourth-order valence-electron chi connectivity index (χ4n) is 3.71. The predicted octanol–water partition coefficient (Wildman–Crippen LogP) is 2.99. The molecule has 0 aliphatic carbocycles. The summed E-state index contributed by atoms with van der Waals surface area (Å²) in [4.78, 5) is 153. The number of carboxylic acid groups (broad SMARTS) is 3. The van der Waals surface area contributed by atoms with Crippen LogP contribution in [0.25, 0.3) is 0 Å². The van der Waals surface area contributed by atoms with Crippen molar-refractivity contribution in [1.29, 1.82) is 0 Å². The van der Waals surface area contributed by atoms with Gasteiger partial charge < -0.3 is 29.7 Å². The number of carboxylic acids is 3. The fourth-order valence-corrected chi connectivity index (χ4v) is 3.71. The van der Waals surface area contributed by atoms with E-state index >= 15 is 0 Å². The van der Waals surface area contributed by atoms with Crippen LogP contribution < -0.4 is 15.3 Å². The molecule has 0 fully saturated rings. The van der Waals surface area contributed by atoms with Crippen molar-refractivity contribution in [2.45, 2.75) is 217 Å². The van der Waals surface area contributed by atoms with Crippen molar-refractivity contribution in [3.63, 3.8) is 0 Å². The average Bonchev–Trinajstić information content (AvgIpc) is 3.16. The molecule has 0 unspecified atom stereocenters. The van der Waals surface area contributed by atoms with E-state index in [0.29, 0.717) is 57.8 Å². The van der Waals surface area contributed by atoms with Gasteiger partial charge in [0.15, 0.2) is 0 Å². The summed E-state index contributed by atoms with van der Waals surface area (Å²) in [6.07, 6.45) is 4.19. The number of carbonyl (C=O) groups excluding carboxylic acids is 12. The summed E-state index contributed by atoms with van der Waals surface area (Å²) < 4.78 is 0. The summed E-state index contributed by atoms with van der Waals surface area (Å²) in [6.45, 7) is 21.6. The van der Waals surface area contributed by atoms with Crippen LogP contribution in [0.4, 0.5) is 0 Å². The van der Waals surface area contributed by atoms with Gasteiger partial charge in [-0.1, -0.05) is 41.5 Å². The van der Waals surface area contributed by atoms with Gasteiger partial charge in [-0.15, -0.1) is 0 Å². The first-order valence-corrected chi connectivity index (χ1v) is 22.0. The summed E-state index contributed by atoms with van der Waals surface area (Å²) in [5.41, 5.74) is 0. The second-order valence-electron chi connectivity index (χ2n) is 14.7. The largest absolute Gasteiger partial charge is 3.00 e. The maximum absolute atomic E-state index is 10.9. The SMILES string of the molecule is CCCC(=O)CC(=O)OOC(C)C.CCCC(=O)CC(=O)OOC(C)C.CCCC(=O)CC(=O)OOC(C)C.CCCC(=O)CC(=O)[O-].CCCC(=O)CC(=O)[O-].CCCC(=O)CC(=O)[O-].[Al+3]. The minimum atomic E-state index is -1.28. The molecule has 0 heterocycles. The molecule has 0 atom stereocenters. The van der Waals surface area contributed by atoms with E-state index in [-0.39, 0.29) is 89.6 Å². The van der Waals surface area contributed by atoms with Crippen LogP contribution >= 0.6 is 0 Å². The minimum absolute atomic E-state index is 0. The van der Waals surface area contributed by atoms with E-state index in [0.717, 1.165) is 19.3 Å². The fraction of sp³-hybridized carbons (Fsp3) is 0.733. The number of carbonyl (C=O) groups is 12. The molecule has 0 aliphatic heterocycles. The van der Waals surface area contributed by atoms with Crippen LogP contribution in [0.5, 0.6) is 0 Å². The molecule has 0 N–H and O–H groups in total. The molecule has 67 heavy (non-hydrogen) atoms. The molecule has 0 aliphatic rings. The molecule has 0 aromatic rings. The van der Waals surface area contributed by atoms with Crippen molar-refractivity contribution in [2.75, 3.05) is 0 Å². The van der Waals surface area contributed by atoms with Crippen LogP contribution in [0.3, 0.4) is 0 Å². The Morgan fingerprint density at radius 1 is 0.313 bits per heavy atom. The normalized spacial score (nSPS) is 9.54. The van der Waals surface area contributed by atoms with Crippen molar-refractivity contribution in [3.05, 3.63) is 0 Å². The topological polar surface area (TPSA) is 329 Å². The molecule has 0 spiro atoms. The molecule has 0 rings (SSSR count). The molecule has 22 heteroatoms. The van der Waals surface area contributed by atoms with Gasteiger partial charge in [0.1, 0.15) is 54.0 Å². The quantitative estimate of drug-likeness (QED) is 0.0432. The Labute approximate surface area is 405 Å². The molecule has 384 valence electrons. The molecule has 0 radical (unpaired) electrons. The first-order valence-electron chi connectivity index (χ1n) is 22.0. The smallest absolute Gasteiger partial charge is 0.550 e. The number of aliphatic carboxylic acids is 3. The van der Waals surface area contributed by atoms with Gasteiger partial charge in [-0.05, 0) is 80.1 Å². The Balaban J connectivity index is -0.000000130. The number of hydrogen-bond acceptors (Lipinski definition) is 21. The number of ketones is 6. The Hall–Kier alpha value is -4.75. The van der Waals surface area contributed by atoms with E-state index in [9.17, 15) is 72.9 Å². The van der Waals surface area contributed by atoms with Crippen molar-refractivity contribution in [3.8, 4) is 0 Å². The molecular formula is C45H75AlO21. The molecule has 0 aromatic heterocycles. The summed E-state index contributed by atoms with van der Waals surface area (Å²) in [6, 6.07) is 0. The van der Waals surface area contributed by atoms with Gasteiger partial charge in [-0.25, -0.2) is 14.4 Å². The van der Waals surface area contributed by atoms with Crippen LogP contribution in [0.2, 0.25) is 0 Å². The first kappa shape index (κ1) is 76.5. The van der Waals surface area contributed by atoms with E-state index in [2.05, 4.69) is 29.3 Å². The van der Waals surface area contributed by atoms with Gasteiger partial charge in [-0.2, -0.15) is 14.7 Å². The second kappa shape index (κ2) is 53.9. The number of Topliss-reactive ketones (excluding diaryl/α,β-unsaturated/α-hetero) is 6. The van der Waals surface area contributed by atoms with Gasteiger partial charge in [-0.3, -0.25) is 43.4 Å². The molecule has 0 aromatic carbocycles. The molecule has 0 saturated heterocycles. The Kier molecular flexibility index (Phi) is 61.5. The van der Waals surface area contributed by atoms with Crippen molar-refractivity contribution >= 4 is 87.9 Å². The molecule has 21 nitrogen and oxygen atoms in total. The third-order valence-electron chi connectivity index (χ3n) is 6.22. The van der Waals surface area contributed by atoms with Gasteiger partial charge in [0, 0.05) is 75.7 Å². The Morgan fingerprint density at radius 2 is 0.463 bits per heavy atom. The van der Waals surface area contributed by atoms with Gasteiger partial charge in [0.25, 0.3) is 0 Å². The Morgan fingerprint density at radius 3 is 0.582 bits per heavy atom. The van der Waals surface area contributed by atoms with Crippen LogP contribution in [-0.2, 0) is 86.9 Å². The van der Waals surface area contributed by atoms with E-state index < -0.39 is 55.1 Å². The monoisotopic (exact) mass is 978 g/mol. The first-order chi connectivity index (χ1) is 30.7. The molecular weight excluding hydrogens is 903 g/mol. The predicted molar refractivity (Wildman–Crippen MR) is 235 cm³/mol. The number of hydrogen-bond donors (Lipinski definition) is 0. The van der Waals surface area contributed by atoms with Gasteiger partial charge >= 0.3 is 35.3 Å². The van der Waals surface area contributed by atoms with Crippen LogP contribution in [0.1, 0.15) is 199 Å². The van der Waals surface area contributed by atoms with Gasteiger partial charge in [0.05, 0.1) is 18.3 Å². The van der Waals surface area contributed by atoms with Crippen molar-refractivity contribution in [2.24, 2.45) is 0 Å². The zero-order valence-electron chi connectivity index (χ0n) is 41.6. The van der Waals surface area contributed by atoms with Crippen molar-refractivity contribution < 1.29 is 102 Å². The summed E-state index contributed by atoms with van der Waals surface area (Å²) in [7, 11) is 0.